The molecule has 0 bridgehead atoms. The lowest BCUT2D eigenvalue weighted by Crippen LogP contribution is -1.78. The van der Waals surface area contributed by atoms with E-state index in [0.717, 1.165) is 11.1 Å². The molecule has 0 unspecified atom stereocenters. The second-order valence-electron chi connectivity index (χ2n) is 2.15. The third-order valence-corrected chi connectivity index (χ3v) is 1.34. The predicted molar refractivity (Wildman–Crippen MR) is 45.7 cm³/mol. The van der Waals surface area contributed by atoms with Gasteiger partial charge in [0.05, 0.1) is 0 Å². The van der Waals surface area contributed by atoms with E-state index in [-0.39, 0.29) is 0 Å². The molecule has 1 aliphatic rings. The van der Waals surface area contributed by atoms with E-state index in [0.29, 0.717) is 0 Å². The smallest absolute Gasteiger partial charge is 0.0262 e. The normalized spacial score (nSPS) is 17.2. The summed E-state index contributed by atoms with van der Waals surface area (Å²) in [5, 5.41) is 0. The van der Waals surface area contributed by atoms with Crippen LogP contribution in [0.2, 0.25) is 0 Å². The number of hydrogen-bond donors (Lipinski definition) is 0. The molecule has 1 rings (SSSR count). The van der Waals surface area contributed by atoms with Crippen molar-refractivity contribution in [2.45, 2.75) is 0 Å². The Morgan fingerprint density at radius 2 is 1.10 bits per heavy atom. The zero-order chi connectivity index (χ0) is 7.40. The van der Waals surface area contributed by atoms with Gasteiger partial charge in [-0.2, -0.15) is 0 Å². The molecule has 0 N–H and O–H groups in total. The van der Waals surface area contributed by atoms with Gasteiger partial charge in [-0.05, 0) is 11.1 Å². The van der Waals surface area contributed by atoms with Gasteiger partial charge in [0, 0.05) is 0 Å². The summed E-state index contributed by atoms with van der Waals surface area (Å²) in [6.45, 7) is 7.65. The third-order valence-electron chi connectivity index (χ3n) is 1.34. The minimum Gasteiger partial charge on any atom is -0.0912 e. The Labute approximate surface area is 61.6 Å². The van der Waals surface area contributed by atoms with Crippen molar-refractivity contribution in [1.29, 1.82) is 0 Å². The largest absolute Gasteiger partial charge is 0.0912 e. The number of hydrogen-bond acceptors (Lipinski definition) is 0. The van der Waals surface area contributed by atoms with Crippen LogP contribution in [0.3, 0.4) is 0 Å². The number of rotatable bonds is 0. The lowest BCUT2D eigenvalue weighted by molar-refractivity contribution is 1.58. The lowest BCUT2D eigenvalue weighted by atomic mass is 10.1. The van der Waals surface area contributed by atoms with Gasteiger partial charge in [-0.3, -0.25) is 0 Å². The first-order valence-electron chi connectivity index (χ1n) is 3.20. The van der Waals surface area contributed by atoms with E-state index in [9.17, 15) is 0 Å². The van der Waals surface area contributed by atoms with E-state index in [1.54, 1.807) is 0 Å². The average molecular weight is 130 g/mol. The molecule has 10 heavy (non-hydrogen) atoms. The second kappa shape index (κ2) is 3.02. The van der Waals surface area contributed by atoms with Crippen LogP contribution in [0.15, 0.2) is 60.8 Å². The summed E-state index contributed by atoms with van der Waals surface area (Å²) < 4.78 is 0. The summed E-state index contributed by atoms with van der Waals surface area (Å²) >= 11 is 0. The van der Waals surface area contributed by atoms with Crippen LogP contribution in [0.1, 0.15) is 0 Å². The molecule has 50 valence electrons. The molecule has 0 aromatic carbocycles. The van der Waals surface area contributed by atoms with Gasteiger partial charge in [0.1, 0.15) is 0 Å². The number of allylic oxidation sites excluding steroid dienone is 8. The monoisotopic (exact) mass is 130 g/mol. The Morgan fingerprint density at radius 1 is 0.700 bits per heavy atom. The van der Waals surface area contributed by atoms with Crippen molar-refractivity contribution in [3.63, 3.8) is 0 Å². The van der Waals surface area contributed by atoms with E-state index in [4.69, 9.17) is 0 Å². The molecule has 0 spiro atoms. The van der Waals surface area contributed by atoms with Crippen molar-refractivity contribution in [3.05, 3.63) is 60.8 Å². The minimum absolute atomic E-state index is 0.973. The molecule has 0 atom stereocenters. The molecular weight excluding hydrogens is 120 g/mol. The summed E-state index contributed by atoms with van der Waals surface area (Å²) in [5.41, 5.74) is 1.95. The van der Waals surface area contributed by atoms with Crippen molar-refractivity contribution < 1.29 is 0 Å². The first kappa shape index (κ1) is 6.81. The van der Waals surface area contributed by atoms with Gasteiger partial charge in [-0.25, -0.2) is 0 Å². The highest BCUT2D eigenvalue weighted by Crippen LogP contribution is 2.09. The van der Waals surface area contributed by atoms with Crippen LogP contribution >= 0.6 is 0 Å². The predicted octanol–water partition coefficient (Wildman–Crippen LogP) is 2.78. The van der Waals surface area contributed by atoms with Crippen molar-refractivity contribution in [1.82, 2.24) is 0 Å². The quantitative estimate of drug-likeness (QED) is 0.473. The summed E-state index contributed by atoms with van der Waals surface area (Å²) in [7, 11) is 0. The molecule has 0 amide bonds. The molecule has 0 aromatic rings. The average Bonchev–Trinajstić information content (AvgIpc) is 1.92. The van der Waals surface area contributed by atoms with E-state index < -0.39 is 0 Å². The molecule has 0 saturated carbocycles. The lowest BCUT2D eigenvalue weighted by Gasteiger charge is -1.97. The van der Waals surface area contributed by atoms with Gasteiger partial charge in [0.25, 0.3) is 0 Å². The highest BCUT2D eigenvalue weighted by atomic mass is 13.9. The molecule has 0 fully saturated rings. The fraction of sp³-hybridized carbons (Fsp3) is 0. The molecule has 0 heteroatoms. The fourth-order valence-electron chi connectivity index (χ4n) is 0.686. The van der Waals surface area contributed by atoms with Gasteiger partial charge < -0.3 is 0 Å². The summed E-state index contributed by atoms with van der Waals surface area (Å²) in [5.74, 6) is 0. The maximum absolute atomic E-state index is 3.83. The van der Waals surface area contributed by atoms with Gasteiger partial charge in [0.2, 0.25) is 0 Å². The molecule has 0 nitrogen and oxygen atoms in total. The Morgan fingerprint density at radius 3 is 1.50 bits per heavy atom. The molecule has 1 aliphatic carbocycles. The topological polar surface area (TPSA) is 0 Å². The first-order chi connectivity index (χ1) is 4.80. The zero-order valence-electron chi connectivity index (χ0n) is 5.88. The maximum Gasteiger partial charge on any atom is -0.0262 e. The van der Waals surface area contributed by atoms with Gasteiger partial charge in [-0.1, -0.05) is 49.6 Å². The van der Waals surface area contributed by atoms with E-state index in [1.807, 2.05) is 36.5 Å². The van der Waals surface area contributed by atoms with Gasteiger partial charge >= 0.3 is 0 Å². The van der Waals surface area contributed by atoms with Crippen LogP contribution < -0.4 is 0 Å². The highest BCUT2D eigenvalue weighted by molar-refractivity contribution is 5.45. The van der Waals surface area contributed by atoms with Crippen molar-refractivity contribution in [2.24, 2.45) is 0 Å². The van der Waals surface area contributed by atoms with Crippen LogP contribution in [0.5, 0.6) is 0 Å². The Kier molecular flexibility index (Phi) is 2.06. The van der Waals surface area contributed by atoms with Crippen molar-refractivity contribution >= 4 is 0 Å². The molecule has 0 saturated heterocycles. The summed E-state index contributed by atoms with van der Waals surface area (Å²) in [4.78, 5) is 0. The van der Waals surface area contributed by atoms with Crippen LogP contribution in [0.4, 0.5) is 0 Å². The SMILES string of the molecule is C=C1C=CC=CC=CC1=C. The van der Waals surface area contributed by atoms with Gasteiger partial charge in [-0.15, -0.1) is 0 Å². The van der Waals surface area contributed by atoms with Crippen LogP contribution in [-0.2, 0) is 0 Å². The molecular formula is C10H10. The zero-order valence-corrected chi connectivity index (χ0v) is 5.88. The minimum atomic E-state index is 0.973. The molecule has 0 aliphatic heterocycles. The standard InChI is InChI=1S/C10H10/c1-9-7-5-3-4-6-8-10(9)2/h3-8H,1-2H2. The second-order valence-corrected chi connectivity index (χ2v) is 2.15. The summed E-state index contributed by atoms with van der Waals surface area (Å²) in [6, 6.07) is 0. The molecule has 0 aromatic heterocycles. The highest BCUT2D eigenvalue weighted by Gasteiger charge is 1.89. The molecule has 0 radical (unpaired) electrons. The Hall–Kier alpha value is -1.30. The fourth-order valence-corrected chi connectivity index (χ4v) is 0.686. The van der Waals surface area contributed by atoms with E-state index in [2.05, 4.69) is 13.2 Å². The van der Waals surface area contributed by atoms with E-state index in [1.165, 1.54) is 0 Å². The third kappa shape index (κ3) is 1.59. The summed E-state index contributed by atoms with van der Waals surface area (Å²) in [6.07, 6.45) is 11.7. The molecule has 0 heterocycles. The van der Waals surface area contributed by atoms with Crippen LogP contribution in [0, 0.1) is 0 Å². The van der Waals surface area contributed by atoms with Crippen LogP contribution in [0.25, 0.3) is 0 Å². The Bertz CT molecular complexity index is 211. The van der Waals surface area contributed by atoms with Crippen LogP contribution in [-0.4, -0.2) is 0 Å². The first-order valence-corrected chi connectivity index (χ1v) is 3.20. The Balaban J connectivity index is 2.92. The maximum atomic E-state index is 3.83. The van der Waals surface area contributed by atoms with Crippen molar-refractivity contribution in [3.8, 4) is 0 Å². The van der Waals surface area contributed by atoms with Gasteiger partial charge in [0.15, 0.2) is 0 Å². The van der Waals surface area contributed by atoms with Crippen molar-refractivity contribution in [2.75, 3.05) is 0 Å². The van der Waals surface area contributed by atoms with E-state index >= 15 is 0 Å².